The second kappa shape index (κ2) is 6.82. The van der Waals surface area contributed by atoms with Gasteiger partial charge in [-0.15, -0.1) is 11.3 Å². The molecule has 3 nitrogen and oxygen atoms in total. The summed E-state index contributed by atoms with van der Waals surface area (Å²) in [4.78, 5) is 6.22. The van der Waals surface area contributed by atoms with Crippen molar-refractivity contribution in [3.05, 3.63) is 15.6 Å². The van der Waals surface area contributed by atoms with Gasteiger partial charge < -0.3 is 10.1 Å². The predicted molar refractivity (Wildman–Crippen MR) is 80.8 cm³/mol. The van der Waals surface area contributed by atoms with Gasteiger partial charge in [0.1, 0.15) is 5.01 Å². The number of hydrogen-bond donors (Lipinski definition) is 1. The van der Waals surface area contributed by atoms with Gasteiger partial charge in [0.05, 0.1) is 18.3 Å². The van der Waals surface area contributed by atoms with Gasteiger partial charge in [-0.3, -0.25) is 0 Å². The van der Waals surface area contributed by atoms with Crippen molar-refractivity contribution in [2.45, 2.75) is 59.0 Å². The smallest absolute Gasteiger partial charge is 0.110 e. The Morgan fingerprint density at radius 3 is 2.79 bits per heavy atom. The molecule has 4 heteroatoms. The molecule has 1 N–H and O–H groups in total. The van der Waals surface area contributed by atoms with E-state index < -0.39 is 0 Å². The molecule has 0 aliphatic carbocycles. The number of ether oxygens (including phenoxy) is 1. The first-order chi connectivity index (χ1) is 9.11. The minimum Gasteiger partial charge on any atom is -0.381 e. The fourth-order valence-corrected chi connectivity index (χ4v) is 3.87. The maximum absolute atomic E-state index is 5.67. The second-order valence-electron chi connectivity index (χ2n) is 5.68. The fourth-order valence-electron chi connectivity index (χ4n) is 2.71. The first kappa shape index (κ1) is 14.9. The standard InChI is InChI=1S/C15H26N2OS/c1-5-13-11(4)19-15(17-13)14(16-10(2)3)12-7-6-8-18-9-12/h10,12,14,16H,5-9H2,1-4H3. The molecule has 1 aliphatic rings. The molecule has 1 aliphatic heterocycles. The summed E-state index contributed by atoms with van der Waals surface area (Å²) >= 11 is 1.85. The summed E-state index contributed by atoms with van der Waals surface area (Å²) in [5.41, 5.74) is 1.26. The van der Waals surface area contributed by atoms with Gasteiger partial charge >= 0.3 is 0 Å². The molecule has 1 fully saturated rings. The van der Waals surface area contributed by atoms with Gasteiger partial charge in [-0.1, -0.05) is 20.8 Å². The van der Waals surface area contributed by atoms with Gasteiger partial charge in [0.25, 0.3) is 0 Å². The number of thiazole rings is 1. The summed E-state index contributed by atoms with van der Waals surface area (Å²) < 4.78 is 5.67. The average molecular weight is 282 g/mol. The third-order valence-electron chi connectivity index (χ3n) is 3.69. The lowest BCUT2D eigenvalue weighted by Gasteiger charge is -2.31. The van der Waals surface area contributed by atoms with Crippen LogP contribution in [0.3, 0.4) is 0 Å². The molecule has 0 radical (unpaired) electrons. The predicted octanol–water partition coefficient (Wildman–Crippen LogP) is 3.48. The molecule has 1 aromatic rings. The zero-order chi connectivity index (χ0) is 13.8. The van der Waals surface area contributed by atoms with Crippen molar-refractivity contribution >= 4 is 11.3 Å². The zero-order valence-electron chi connectivity index (χ0n) is 12.5. The molecule has 2 heterocycles. The molecule has 0 saturated carbocycles. The van der Waals surface area contributed by atoms with E-state index in [-0.39, 0.29) is 0 Å². The summed E-state index contributed by atoms with van der Waals surface area (Å²) in [6.45, 7) is 10.6. The molecule has 108 valence electrons. The van der Waals surface area contributed by atoms with E-state index in [1.54, 1.807) is 0 Å². The first-order valence-corrected chi connectivity index (χ1v) is 8.23. The van der Waals surface area contributed by atoms with E-state index in [1.165, 1.54) is 28.4 Å². The van der Waals surface area contributed by atoms with Crippen LogP contribution in [0.15, 0.2) is 0 Å². The van der Waals surface area contributed by atoms with Crippen LogP contribution in [0.4, 0.5) is 0 Å². The molecular formula is C15H26N2OS. The van der Waals surface area contributed by atoms with E-state index >= 15 is 0 Å². The van der Waals surface area contributed by atoms with Crippen molar-refractivity contribution in [3.63, 3.8) is 0 Å². The fraction of sp³-hybridized carbons (Fsp3) is 0.800. The first-order valence-electron chi connectivity index (χ1n) is 7.41. The van der Waals surface area contributed by atoms with Gasteiger partial charge in [0.2, 0.25) is 0 Å². The summed E-state index contributed by atoms with van der Waals surface area (Å²) in [7, 11) is 0. The van der Waals surface area contributed by atoms with Crippen LogP contribution in [0.25, 0.3) is 0 Å². The Balaban J connectivity index is 2.19. The molecule has 2 atom stereocenters. The SMILES string of the molecule is CCc1nc(C(NC(C)C)C2CCCOC2)sc1C. The Bertz CT molecular complexity index is 397. The molecular weight excluding hydrogens is 256 g/mol. The minimum absolute atomic E-state index is 0.351. The summed E-state index contributed by atoms with van der Waals surface area (Å²) in [5.74, 6) is 0.561. The molecule has 19 heavy (non-hydrogen) atoms. The highest BCUT2D eigenvalue weighted by molar-refractivity contribution is 7.11. The number of nitrogens with zero attached hydrogens (tertiary/aromatic N) is 1. The highest BCUT2D eigenvalue weighted by atomic mass is 32.1. The van der Waals surface area contributed by atoms with Gasteiger partial charge in [-0.2, -0.15) is 0 Å². The lowest BCUT2D eigenvalue weighted by atomic mass is 9.93. The van der Waals surface area contributed by atoms with E-state index in [4.69, 9.17) is 9.72 Å². The lowest BCUT2D eigenvalue weighted by Crippen LogP contribution is -2.37. The van der Waals surface area contributed by atoms with Crippen molar-refractivity contribution in [2.75, 3.05) is 13.2 Å². The van der Waals surface area contributed by atoms with Crippen LogP contribution in [0.2, 0.25) is 0 Å². The van der Waals surface area contributed by atoms with Crippen LogP contribution in [0.5, 0.6) is 0 Å². The molecule has 1 aromatic heterocycles. The normalized spacial score (nSPS) is 21.8. The third-order valence-corrected chi connectivity index (χ3v) is 4.79. The summed E-state index contributed by atoms with van der Waals surface area (Å²) in [6, 6.07) is 0.825. The largest absolute Gasteiger partial charge is 0.381 e. The van der Waals surface area contributed by atoms with E-state index in [1.807, 2.05) is 11.3 Å². The molecule has 1 saturated heterocycles. The maximum Gasteiger partial charge on any atom is 0.110 e. The highest BCUT2D eigenvalue weighted by Gasteiger charge is 2.28. The number of nitrogens with one attached hydrogen (secondary N) is 1. The van der Waals surface area contributed by atoms with Crippen LogP contribution in [0, 0.1) is 12.8 Å². The Morgan fingerprint density at radius 2 is 2.26 bits per heavy atom. The monoisotopic (exact) mass is 282 g/mol. The molecule has 0 bridgehead atoms. The van der Waals surface area contributed by atoms with Gasteiger partial charge in [-0.05, 0) is 26.2 Å². The van der Waals surface area contributed by atoms with Crippen LogP contribution in [0.1, 0.15) is 55.2 Å². The van der Waals surface area contributed by atoms with Gasteiger partial charge in [-0.25, -0.2) is 4.98 Å². The Morgan fingerprint density at radius 1 is 1.47 bits per heavy atom. The third kappa shape index (κ3) is 3.77. The van der Waals surface area contributed by atoms with Crippen LogP contribution >= 0.6 is 11.3 Å². The molecule has 0 amide bonds. The quantitative estimate of drug-likeness (QED) is 0.898. The minimum atomic E-state index is 0.351. The number of rotatable bonds is 5. The van der Waals surface area contributed by atoms with Crippen molar-refractivity contribution in [1.29, 1.82) is 0 Å². The maximum atomic E-state index is 5.67. The van der Waals surface area contributed by atoms with Crippen LogP contribution in [-0.4, -0.2) is 24.2 Å². The number of aromatic nitrogens is 1. The molecule has 2 unspecified atom stereocenters. The zero-order valence-corrected chi connectivity index (χ0v) is 13.3. The van der Waals surface area contributed by atoms with Crippen LogP contribution < -0.4 is 5.32 Å². The van der Waals surface area contributed by atoms with Gasteiger partial charge in [0, 0.05) is 23.4 Å². The van der Waals surface area contributed by atoms with E-state index in [0.29, 0.717) is 18.0 Å². The Labute approximate surface area is 120 Å². The number of aryl methyl sites for hydroxylation is 2. The van der Waals surface area contributed by atoms with Crippen molar-refractivity contribution in [1.82, 2.24) is 10.3 Å². The van der Waals surface area contributed by atoms with Crippen molar-refractivity contribution in [2.24, 2.45) is 5.92 Å². The van der Waals surface area contributed by atoms with E-state index in [2.05, 4.69) is 33.0 Å². The lowest BCUT2D eigenvalue weighted by molar-refractivity contribution is 0.0376. The highest BCUT2D eigenvalue weighted by Crippen LogP contribution is 2.33. The van der Waals surface area contributed by atoms with Crippen LogP contribution in [-0.2, 0) is 11.2 Å². The topological polar surface area (TPSA) is 34.2 Å². The molecule has 0 spiro atoms. The average Bonchev–Trinajstić information content (AvgIpc) is 2.78. The van der Waals surface area contributed by atoms with E-state index in [0.717, 1.165) is 19.6 Å². The van der Waals surface area contributed by atoms with E-state index in [9.17, 15) is 0 Å². The van der Waals surface area contributed by atoms with Crippen molar-refractivity contribution in [3.8, 4) is 0 Å². The molecule has 0 aromatic carbocycles. The number of hydrogen-bond acceptors (Lipinski definition) is 4. The Hall–Kier alpha value is -0.450. The second-order valence-corrected chi connectivity index (χ2v) is 6.92. The molecule has 2 rings (SSSR count). The summed E-state index contributed by atoms with van der Waals surface area (Å²) in [5, 5.41) is 4.95. The van der Waals surface area contributed by atoms with Crippen molar-refractivity contribution < 1.29 is 4.74 Å². The Kier molecular flexibility index (Phi) is 5.37. The summed E-state index contributed by atoms with van der Waals surface area (Å²) in [6.07, 6.45) is 3.44. The van der Waals surface area contributed by atoms with Gasteiger partial charge in [0.15, 0.2) is 0 Å².